The first-order valence-electron chi connectivity index (χ1n) is 4.68. The fraction of sp³-hybridized carbons (Fsp3) is 0.0833. The van der Waals surface area contributed by atoms with Crippen LogP contribution in [-0.2, 0) is 0 Å². The number of aryl methyl sites for hydroxylation is 1. The number of benzene rings is 1. The van der Waals surface area contributed by atoms with E-state index in [9.17, 15) is 0 Å². The van der Waals surface area contributed by atoms with Crippen LogP contribution in [-0.4, -0.2) is 4.98 Å². The van der Waals surface area contributed by atoms with Crippen LogP contribution in [0.4, 0.5) is 0 Å². The summed E-state index contributed by atoms with van der Waals surface area (Å²) in [6.07, 6.45) is 1.76. The Morgan fingerprint density at radius 3 is 3.00 bits per heavy atom. The summed E-state index contributed by atoms with van der Waals surface area (Å²) >= 11 is 7.86. The molecule has 0 fully saturated rings. The fourth-order valence-corrected chi connectivity index (χ4v) is 3.04. The molecule has 1 aromatic carbocycles. The molecule has 3 rings (SSSR count). The average molecular weight is 234 g/mol. The highest BCUT2D eigenvalue weighted by Gasteiger charge is 2.07. The molecule has 2 aromatic heterocycles. The molecular formula is C12H8ClNS. The van der Waals surface area contributed by atoms with E-state index in [1.54, 1.807) is 17.5 Å². The van der Waals surface area contributed by atoms with Crippen molar-refractivity contribution < 1.29 is 0 Å². The van der Waals surface area contributed by atoms with E-state index in [4.69, 9.17) is 11.6 Å². The van der Waals surface area contributed by atoms with E-state index in [1.165, 1.54) is 21.0 Å². The third-order valence-electron chi connectivity index (χ3n) is 2.68. The quantitative estimate of drug-likeness (QED) is 0.524. The molecule has 0 amide bonds. The first-order valence-corrected chi connectivity index (χ1v) is 5.94. The number of halogens is 1. The van der Waals surface area contributed by atoms with E-state index in [0.29, 0.717) is 5.15 Å². The van der Waals surface area contributed by atoms with Gasteiger partial charge < -0.3 is 0 Å². The lowest BCUT2D eigenvalue weighted by Gasteiger charge is -2.04. The van der Waals surface area contributed by atoms with Crippen LogP contribution in [0.2, 0.25) is 5.15 Å². The number of rotatable bonds is 0. The maximum atomic E-state index is 6.09. The summed E-state index contributed by atoms with van der Waals surface area (Å²) in [5.74, 6) is 0. The molecule has 0 saturated heterocycles. The number of nitrogens with zero attached hydrogens (tertiary/aromatic N) is 1. The molecule has 15 heavy (non-hydrogen) atoms. The van der Waals surface area contributed by atoms with Crippen molar-refractivity contribution in [3.8, 4) is 0 Å². The highest BCUT2D eigenvalue weighted by atomic mass is 35.5. The lowest BCUT2D eigenvalue weighted by atomic mass is 10.1. The van der Waals surface area contributed by atoms with Crippen LogP contribution in [0.25, 0.3) is 20.9 Å². The monoisotopic (exact) mass is 233 g/mol. The Labute approximate surface area is 96.3 Å². The number of hydrogen-bond donors (Lipinski definition) is 0. The summed E-state index contributed by atoms with van der Waals surface area (Å²) in [6, 6.07) is 6.26. The number of hydrogen-bond acceptors (Lipinski definition) is 2. The van der Waals surface area contributed by atoms with Gasteiger partial charge >= 0.3 is 0 Å². The second-order valence-corrected chi connectivity index (χ2v) is 4.81. The second-order valence-electron chi connectivity index (χ2n) is 3.54. The van der Waals surface area contributed by atoms with Crippen molar-refractivity contribution in [2.75, 3.05) is 0 Å². The number of thiophene rings is 1. The Morgan fingerprint density at radius 2 is 2.13 bits per heavy atom. The van der Waals surface area contributed by atoms with Crippen LogP contribution >= 0.6 is 22.9 Å². The Bertz CT molecular complexity index is 657. The van der Waals surface area contributed by atoms with E-state index < -0.39 is 0 Å². The van der Waals surface area contributed by atoms with Crippen molar-refractivity contribution in [3.63, 3.8) is 0 Å². The summed E-state index contributed by atoms with van der Waals surface area (Å²) in [5.41, 5.74) is 1.29. The lowest BCUT2D eigenvalue weighted by Crippen LogP contribution is -1.82. The summed E-state index contributed by atoms with van der Waals surface area (Å²) in [5, 5.41) is 6.19. The van der Waals surface area contributed by atoms with Gasteiger partial charge in [0, 0.05) is 16.3 Å². The van der Waals surface area contributed by atoms with Gasteiger partial charge in [-0.05, 0) is 46.8 Å². The molecule has 0 atom stereocenters. The maximum Gasteiger partial charge on any atom is 0.136 e. The van der Waals surface area contributed by atoms with E-state index in [0.717, 1.165) is 5.39 Å². The zero-order valence-electron chi connectivity index (χ0n) is 8.12. The molecule has 0 radical (unpaired) electrons. The molecule has 0 saturated carbocycles. The standard InChI is InChI=1S/C12H8ClNS/c1-7-9-2-4-14-12(13)10(9)6-8-3-5-15-11(7)8/h2-6H,1H3. The van der Waals surface area contributed by atoms with Gasteiger partial charge in [0.25, 0.3) is 0 Å². The van der Waals surface area contributed by atoms with Crippen molar-refractivity contribution in [1.82, 2.24) is 4.98 Å². The molecule has 0 N–H and O–H groups in total. The SMILES string of the molecule is Cc1c2ccnc(Cl)c2cc2ccsc12. The maximum absolute atomic E-state index is 6.09. The number of pyridine rings is 1. The zero-order chi connectivity index (χ0) is 10.4. The summed E-state index contributed by atoms with van der Waals surface area (Å²) < 4.78 is 1.34. The van der Waals surface area contributed by atoms with E-state index in [-0.39, 0.29) is 0 Å². The van der Waals surface area contributed by atoms with E-state index in [2.05, 4.69) is 29.4 Å². The Hall–Kier alpha value is -1.12. The predicted molar refractivity (Wildman–Crippen MR) is 66.9 cm³/mol. The molecule has 3 aromatic rings. The van der Waals surface area contributed by atoms with Crippen LogP contribution in [0.3, 0.4) is 0 Å². The number of aromatic nitrogens is 1. The lowest BCUT2D eigenvalue weighted by molar-refractivity contribution is 1.36. The molecule has 0 spiro atoms. The van der Waals surface area contributed by atoms with E-state index in [1.807, 2.05) is 6.07 Å². The minimum Gasteiger partial charge on any atom is -0.244 e. The number of fused-ring (bicyclic) bond motifs is 2. The Kier molecular flexibility index (Phi) is 1.94. The second kappa shape index (κ2) is 3.19. The van der Waals surface area contributed by atoms with Crippen LogP contribution in [0.15, 0.2) is 29.8 Å². The van der Waals surface area contributed by atoms with Gasteiger partial charge in [0.15, 0.2) is 0 Å². The first kappa shape index (κ1) is 9.13. The van der Waals surface area contributed by atoms with Gasteiger partial charge in [-0.25, -0.2) is 4.98 Å². The smallest absolute Gasteiger partial charge is 0.136 e. The van der Waals surface area contributed by atoms with Crippen LogP contribution in [0.5, 0.6) is 0 Å². The molecular weight excluding hydrogens is 226 g/mol. The Balaban J connectivity index is 2.63. The molecule has 0 bridgehead atoms. The van der Waals surface area contributed by atoms with Crippen molar-refractivity contribution in [2.24, 2.45) is 0 Å². The van der Waals surface area contributed by atoms with Crippen molar-refractivity contribution >= 4 is 43.8 Å². The van der Waals surface area contributed by atoms with Gasteiger partial charge in [0.2, 0.25) is 0 Å². The van der Waals surface area contributed by atoms with Gasteiger partial charge in [-0.2, -0.15) is 0 Å². The average Bonchev–Trinajstić information content (AvgIpc) is 2.68. The summed E-state index contributed by atoms with van der Waals surface area (Å²) in [6.45, 7) is 2.14. The molecule has 74 valence electrons. The van der Waals surface area contributed by atoms with Crippen LogP contribution < -0.4 is 0 Å². The normalized spacial score (nSPS) is 11.3. The van der Waals surface area contributed by atoms with E-state index >= 15 is 0 Å². The van der Waals surface area contributed by atoms with Gasteiger partial charge in [-0.1, -0.05) is 11.6 Å². The van der Waals surface area contributed by atoms with Crippen molar-refractivity contribution in [1.29, 1.82) is 0 Å². The minimum atomic E-state index is 0.587. The molecule has 2 heterocycles. The largest absolute Gasteiger partial charge is 0.244 e. The van der Waals surface area contributed by atoms with Crippen molar-refractivity contribution in [3.05, 3.63) is 40.5 Å². The molecule has 0 aliphatic heterocycles. The van der Waals surface area contributed by atoms with Gasteiger partial charge in [0.1, 0.15) is 5.15 Å². The summed E-state index contributed by atoms with van der Waals surface area (Å²) in [7, 11) is 0. The minimum absolute atomic E-state index is 0.587. The van der Waals surface area contributed by atoms with Gasteiger partial charge in [-0.15, -0.1) is 11.3 Å². The molecule has 0 aliphatic carbocycles. The van der Waals surface area contributed by atoms with Crippen LogP contribution in [0.1, 0.15) is 5.56 Å². The third kappa shape index (κ3) is 1.25. The first-order chi connectivity index (χ1) is 7.27. The van der Waals surface area contributed by atoms with Gasteiger partial charge in [-0.3, -0.25) is 0 Å². The highest BCUT2D eigenvalue weighted by molar-refractivity contribution is 7.17. The van der Waals surface area contributed by atoms with Crippen LogP contribution in [0, 0.1) is 6.92 Å². The molecule has 1 nitrogen and oxygen atoms in total. The van der Waals surface area contributed by atoms with Gasteiger partial charge in [0.05, 0.1) is 0 Å². The third-order valence-corrected chi connectivity index (χ3v) is 4.03. The highest BCUT2D eigenvalue weighted by Crippen LogP contribution is 2.33. The molecule has 0 unspecified atom stereocenters. The molecule has 3 heteroatoms. The predicted octanol–water partition coefficient (Wildman–Crippen LogP) is 4.41. The zero-order valence-corrected chi connectivity index (χ0v) is 9.69. The fourth-order valence-electron chi connectivity index (χ4n) is 1.93. The topological polar surface area (TPSA) is 12.9 Å². The Morgan fingerprint density at radius 1 is 1.27 bits per heavy atom. The summed E-state index contributed by atoms with van der Waals surface area (Å²) in [4.78, 5) is 4.11. The molecule has 0 aliphatic rings. The van der Waals surface area contributed by atoms with Crippen molar-refractivity contribution in [2.45, 2.75) is 6.92 Å².